The molecule has 5 aliphatic heterocycles. The average molecular weight is 1430 g/mol. The highest BCUT2D eigenvalue weighted by Gasteiger charge is 2.33. The van der Waals surface area contributed by atoms with E-state index in [-0.39, 0.29) is 65.4 Å². The molecule has 17 nitrogen and oxygen atoms in total. The Morgan fingerprint density at radius 3 is 1.10 bits per heavy atom. The first kappa shape index (κ1) is 80.0. The molecular weight excluding hydrogens is 1330 g/mol. The number of amides is 1. The molecule has 0 radical (unpaired) electrons. The average Bonchev–Trinajstić information content (AvgIpc) is 1.32. The first-order valence-electron chi connectivity index (χ1n) is 36.8. The second-order valence-electron chi connectivity index (χ2n) is 29.3. The minimum Gasteiger partial charge on any atom is -0.336 e. The first-order chi connectivity index (χ1) is 49.9. The fraction of sp³-hybridized carbons (Fsp3) is 0.404. The number of hydrogen-bond donors (Lipinski definition) is 0. The molecule has 1 saturated heterocycles. The predicted octanol–water partition coefficient (Wildman–Crippen LogP) is 17.1. The third-order valence-electron chi connectivity index (χ3n) is 22.2. The predicted molar refractivity (Wildman–Crippen MR) is 421 cm³/mol. The molecule has 0 bridgehead atoms. The van der Waals surface area contributed by atoms with Crippen molar-refractivity contribution >= 4 is 104 Å². The van der Waals surface area contributed by atoms with Crippen molar-refractivity contribution in [2.24, 2.45) is 20.0 Å². The molecule has 0 unspecified atom stereocenters. The molecule has 0 N–H and O–H groups in total. The van der Waals surface area contributed by atoms with E-state index in [1.807, 2.05) is 53.4 Å². The number of fused-ring (bicyclic) bond motifs is 4. The van der Waals surface area contributed by atoms with E-state index in [2.05, 4.69) is 52.0 Å². The van der Waals surface area contributed by atoms with E-state index >= 15 is 0 Å². The molecular formula is C89H101N7O10. The third-order valence-corrected chi connectivity index (χ3v) is 22.2. The maximum absolute atomic E-state index is 12.9. The lowest BCUT2D eigenvalue weighted by molar-refractivity contribution is -0.116. The van der Waals surface area contributed by atoms with Gasteiger partial charge in [0.2, 0.25) is 0 Å². The Balaban J connectivity index is 0.000000164. The maximum atomic E-state index is 12.9. The second-order valence-corrected chi connectivity index (χ2v) is 29.3. The molecule has 1 amide bonds. The number of pyridine rings is 1. The number of benzene rings is 3. The number of likely N-dealkylation sites (N-methyl/N-ethyl adjacent to an activating group) is 1. The van der Waals surface area contributed by atoms with Crippen LogP contribution in [0.2, 0.25) is 0 Å². The van der Waals surface area contributed by atoms with Crippen molar-refractivity contribution in [1.82, 2.24) is 14.8 Å². The number of carbonyl (C=O) groups is 10. The fourth-order valence-electron chi connectivity index (χ4n) is 14.8. The van der Waals surface area contributed by atoms with Crippen LogP contribution in [0.1, 0.15) is 223 Å². The normalized spacial score (nSPS) is 17.9. The molecule has 3 aromatic carbocycles. The summed E-state index contributed by atoms with van der Waals surface area (Å²) in [5.74, 6) is 0.217. The van der Waals surface area contributed by atoms with Crippen molar-refractivity contribution < 1.29 is 47.9 Å². The quantitative estimate of drug-likeness (QED) is 0.0667. The number of aryl methyl sites for hydroxylation is 1. The molecule has 0 saturated carbocycles. The van der Waals surface area contributed by atoms with Crippen LogP contribution in [0.5, 0.6) is 0 Å². The van der Waals surface area contributed by atoms with Crippen LogP contribution >= 0.6 is 0 Å². The summed E-state index contributed by atoms with van der Waals surface area (Å²) in [6, 6.07) is 21.7. The van der Waals surface area contributed by atoms with E-state index in [4.69, 9.17) is 9.98 Å². The van der Waals surface area contributed by atoms with Gasteiger partial charge >= 0.3 is 0 Å². The van der Waals surface area contributed by atoms with E-state index in [9.17, 15) is 47.9 Å². The van der Waals surface area contributed by atoms with E-state index in [1.54, 1.807) is 96.2 Å². The minimum atomic E-state index is -0.0144. The van der Waals surface area contributed by atoms with Crippen LogP contribution in [-0.4, -0.2) is 129 Å². The van der Waals surface area contributed by atoms with Gasteiger partial charge in [0, 0.05) is 181 Å². The van der Waals surface area contributed by atoms with Gasteiger partial charge in [-0.25, -0.2) is 0 Å². The third kappa shape index (κ3) is 17.7. The smallest absolute Gasteiger partial charge is 0.253 e. The van der Waals surface area contributed by atoms with Crippen LogP contribution in [0.15, 0.2) is 182 Å². The van der Waals surface area contributed by atoms with Crippen LogP contribution in [0.25, 0.3) is 0 Å². The zero-order chi connectivity index (χ0) is 76.0. The first-order valence-corrected chi connectivity index (χ1v) is 36.8. The van der Waals surface area contributed by atoms with Gasteiger partial charge in [-0.15, -0.1) is 0 Å². The van der Waals surface area contributed by atoms with E-state index in [0.717, 1.165) is 165 Å². The van der Waals surface area contributed by atoms with Crippen LogP contribution in [0.3, 0.4) is 0 Å². The lowest BCUT2D eigenvalue weighted by atomic mass is 9.84. The molecule has 1 aromatic heterocycles. The standard InChI is InChI=1S/C26H31N3O3.C22H23NO3.C21H23NO2.C19H20N2O2.CH4/c1-16-17(2)25(31)22(18(3)24(16)30)7-5-6-21-15-20-14-19(8-9-23(20)27-21)26(32)29-12-10-28(4)11-13-29;1-12-13(2)22(26)19(14(3)21(12)25)7-5-6-18-11-17-10-16(15(4)24)8-9-20(17)23-18;1-12-8-9-16-11-17(22-19(16)10-12)6-5-7-18-15(4)20(23)13(2)14(3)21(18)24;1-11-12(2)19(23)15(13(3)18(11)22)7-4-6-14-10-17-16(21-14)8-5-9-20-17;/h8-9,14H,5-7,10-13,15H2,1-4H3;8-10H,5-7,11H2,1-4H3;8-10H,5-7,11H2,1-4H3;5,8-9H,4,6-7,10H2,1-3H3;1H4. The number of aromatic nitrogens is 1. The summed E-state index contributed by atoms with van der Waals surface area (Å²) in [5.41, 5.74) is 25.1. The van der Waals surface area contributed by atoms with Gasteiger partial charge in [-0.2, -0.15) is 0 Å². The number of Topliss-reactive ketones (excluding diaryl/α,β-unsaturated/α-hetero) is 9. The lowest BCUT2D eigenvalue weighted by Crippen LogP contribution is -2.47. The topological polar surface area (TPSA) is 240 Å². The summed E-state index contributed by atoms with van der Waals surface area (Å²) in [6.07, 6.45) is 13.9. The van der Waals surface area contributed by atoms with Crippen LogP contribution in [0, 0.1) is 6.92 Å². The van der Waals surface area contributed by atoms with E-state index in [0.29, 0.717) is 120 Å². The SMILES string of the molecule is C.CC(=O)c1ccc2c(c1)CC(CCCC1=C(C)C(=O)C(C)=C(C)C1=O)=N2.CC1=C(C)C(=O)C(CCCC2=Nc3cc(C)ccc3C2)=C(C)C1=O.CC1=C(C)C(=O)C(CCCC2=Nc3ccc(C(=O)N4CCN(C)CC4)cc3C2)=C(C)C1=O.CC1=C(C)C(=O)C(CCCC2=Nc3cccnc3C2)=C(C)C1=O. The van der Waals surface area contributed by atoms with Gasteiger partial charge in [0.15, 0.2) is 52.0 Å². The van der Waals surface area contributed by atoms with Crippen molar-refractivity contribution in [2.45, 2.75) is 207 Å². The van der Waals surface area contributed by atoms with Crippen molar-refractivity contribution in [3.63, 3.8) is 0 Å². The van der Waals surface area contributed by atoms with Crippen LogP contribution in [-0.2, 0) is 64.0 Å². The van der Waals surface area contributed by atoms with Gasteiger partial charge in [0.25, 0.3) is 5.91 Å². The monoisotopic (exact) mass is 1430 g/mol. The van der Waals surface area contributed by atoms with E-state index < -0.39 is 0 Å². The number of ketones is 9. The Kier molecular flexibility index (Phi) is 26.0. The Hall–Kier alpha value is -10.1. The minimum absolute atomic E-state index is 0. The lowest BCUT2D eigenvalue weighted by Gasteiger charge is -2.32. The van der Waals surface area contributed by atoms with Crippen LogP contribution < -0.4 is 0 Å². The highest BCUT2D eigenvalue weighted by molar-refractivity contribution is 6.27. The molecule has 13 rings (SSSR count). The maximum Gasteiger partial charge on any atom is 0.253 e. The molecule has 6 heterocycles. The van der Waals surface area contributed by atoms with Gasteiger partial charge in [-0.3, -0.25) is 72.9 Å². The Labute approximate surface area is 624 Å². The van der Waals surface area contributed by atoms with Crippen molar-refractivity contribution in [1.29, 1.82) is 0 Å². The zero-order valence-corrected chi connectivity index (χ0v) is 63.8. The van der Waals surface area contributed by atoms with Gasteiger partial charge in [0.1, 0.15) is 0 Å². The summed E-state index contributed by atoms with van der Waals surface area (Å²) in [6.45, 7) is 27.9. The number of aliphatic imine (C=N–C) groups is 4. The van der Waals surface area contributed by atoms with Crippen molar-refractivity contribution in [2.75, 3.05) is 33.2 Å². The molecule has 106 heavy (non-hydrogen) atoms. The molecule has 0 spiro atoms. The molecule has 0 atom stereocenters. The highest BCUT2D eigenvalue weighted by Crippen LogP contribution is 2.37. The van der Waals surface area contributed by atoms with Crippen molar-refractivity contribution in [3.8, 4) is 0 Å². The van der Waals surface area contributed by atoms with Gasteiger partial charge < -0.3 is 9.80 Å². The Morgan fingerprint density at radius 1 is 0.358 bits per heavy atom. The number of carbonyl (C=O) groups excluding carboxylic acids is 10. The molecule has 4 aromatic rings. The van der Waals surface area contributed by atoms with Crippen LogP contribution in [0.4, 0.5) is 22.7 Å². The number of piperazine rings is 1. The number of rotatable bonds is 18. The van der Waals surface area contributed by atoms with Gasteiger partial charge in [-0.05, 0) is 258 Å². The zero-order valence-electron chi connectivity index (χ0n) is 63.8. The summed E-state index contributed by atoms with van der Waals surface area (Å²) < 4.78 is 0. The molecule has 1 fully saturated rings. The number of nitrogens with zero attached hydrogens (tertiary/aromatic N) is 7. The highest BCUT2D eigenvalue weighted by atomic mass is 16.2. The summed E-state index contributed by atoms with van der Waals surface area (Å²) >= 11 is 0. The summed E-state index contributed by atoms with van der Waals surface area (Å²) in [5, 5.41) is 0. The van der Waals surface area contributed by atoms with Crippen molar-refractivity contribution in [3.05, 3.63) is 201 Å². The Bertz CT molecular complexity index is 4850. The molecule has 4 aliphatic carbocycles. The molecule has 9 aliphatic rings. The number of hydrogen-bond acceptors (Lipinski definition) is 16. The summed E-state index contributed by atoms with van der Waals surface area (Å²) in [4.78, 5) is 150. The largest absolute Gasteiger partial charge is 0.336 e. The molecule has 552 valence electrons. The summed E-state index contributed by atoms with van der Waals surface area (Å²) in [7, 11) is 2.08. The molecule has 17 heteroatoms. The Morgan fingerprint density at radius 2 is 0.708 bits per heavy atom. The van der Waals surface area contributed by atoms with Gasteiger partial charge in [-0.1, -0.05) is 19.6 Å². The van der Waals surface area contributed by atoms with Gasteiger partial charge in [0.05, 0.1) is 28.4 Å². The fourth-order valence-corrected chi connectivity index (χ4v) is 14.8. The second kappa shape index (κ2) is 34.4. The van der Waals surface area contributed by atoms with E-state index in [1.165, 1.54) is 16.8 Å². The number of allylic oxidation sites excluding steroid dienone is 16.